The molecule has 0 bridgehead atoms. The highest BCUT2D eigenvalue weighted by Gasteiger charge is 2.25. The zero-order chi connectivity index (χ0) is 25.4. The summed E-state index contributed by atoms with van der Waals surface area (Å²) in [6, 6.07) is 1.92. The van der Waals surface area contributed by atoms with Crippen molar-refractivity contribution < 1.29 is 9.13 Å². The first-order valence-corrected chi connectivity index (χ1v) is 12.9. The molecule has 0 spiro atoms. The van der Waals surface area contributed by atoms with E-state index in [1.807, 2.05) is 12.3 Å². The van der Waals surface area contributed by atoms with Gasteiger partial charge in [-0.2, -0.15) is 5.10 Å². The fourth-order valence-corrected chi connectivity index (χ4v) is 5.47. The molecule has 36 heavy (non-hydrogen) atoms. The summed E-state index contributed by atoms with van der Waals surface area (Å²) in [5.41, 5.74) is 3.99. The van der Waals surface area contributed by atoms with E-state index in [9.17, 15) is 0 Å². The van der Waals surface area contributed by atoms with Gasteiger partial charge in [-0.15, -0.1) is 0 Å². The van der Waals surface area contributed by atoms with Crippen LogP contribution in [0.3, 0.4) is 0 Å². The Balaban J connectivity index is 1.54. The number of hydrogen-bond acceptors (Lipinski definition) is 6. The molecule has 1 N–H and O–H groups in total. The molecule has 0 aromatic carbocycles. The predicted octanol–water partition coefficient (Wildman–Crippen LogP) is 5.10. The van der Waals surface area contributed by atoms with E-state index in [1.165, 1.54) is 6.33 Å². The molecule has 5 heterocycles. The van der Waals surface area contributed by atoms with Crippen LogP contribution in [-0.2, 0) is 0 Å². The summed E-state index contributed by atoms with van der Waals surface area (Å²) in [6.45, 7) is 13.5. The average molecular weight is 494 g/mol. The second-order valence-electron chi connectivity index (χ2n) is 10.5. The summed E-state index contributed by atoms with van der Waals surface area (Å²) in [6.07, 6.45) is 7.17. The molecule has 4 aromatic rings. The summed E-state index contributed by atoms with van der Waals surface area (Å²) in [7, 11) is 1.61. The minimum absolute atomic E-state index is 0.0906. The van der Waals surface area contributed by atoms with Crippen LogP contribution in [0.4, 0.5) is 10.2 Å². The first kappa shape index (κ1) is 24.5. The van der Waals surface area contributed by atoms with E-state index in [2.05, 4.69) is 57.5 Å². The number of halogens is 1. The molecule has 0 radical (unpaired) electrons. The van der Waals surface area contributed by atoms with Gasteiger partial charge in [0.15, 0.2) is 23.0 Å². The molecule has 0 unspecified atom stereocenters. The Morgan fingerprint density at radius 3 is 2.50 bits per heavy atom. The molecule has 5 rings (SSSR count). The third kappa shape index (κ3) is 4.52. The van der Waals surface area contributed by atoms with E-state index in [0.717, 1.165) is 62.4 Å². The number of hydrogen-bond donors (Lipinski definition) is 1. The van der Waals surface area contributed by atoms with Gasteiger partial charge in [-0.1, -0.05) is 27.7 Å². The topological polar surface area (TPSA) is 74.6 Å². The van der Waals surface area contributed by atoms with E-state index in [-0.39, 0.29) is 11.7 Å². The second kappa shape index (κ2) is 10.0. The van der Waals surface area contributed by atoms with Crippen LogP contribution < -0.4 is 9.64 Å². The lowest BCUT2D eigenvalue weighted by atomic mass is 9.96. The minimum atomic E-state index is -0.243. The number of nitrogens with one attached hydrogen (secondary N) is 1. The number of ether oxygens (including phenoxy) is 1. The molecular formula is C27H36FN7O. The van der Waals surface area contributed by atoms with Crippen molar-refractivity contribution in [3.8, 4) is 17.0 Å². The number of H-pyrrole nitrogens is 1. The minimum Gasteiger partial charge on any atom is -0.493 e. The fourth-order valence-electron chi connectivity index (χ4n) is 5.47. The van der Waals surface area contributed by atoms with Crippen LogP contribution in [-0.4, -0.2) is 69.3 Å². The number of aromatic amines is 1. The van der Waals surface area contributed by atoms with E-state index >= 15 is 4.39 Å². The molecule has 9 heteroatoms. The van der Waals surface area contributed by atoms with Gasteiger partial charge in [-0.25, -0.2) is 18.9 Å². The van der Waals surface area contributed by atoms with Crippen molar-refractivity contribution in [2.75, 3.05) is 44.7 Å². The lowest BCUT2D eigenvalue weighted by Gasteiger charge is -2.32. The van der Waals surface area contributed by atoms with E-state index < -0.39 is 0 Å². The number of rotatable bonds is 6. The van der Waals surface area contributed by atoms with Crippen molar-refractivity contribution in [1.29, 1.82) is 0 Å². The summed E-state index contributed by atoms with van der Waals surface area (Å²) in [4.78, 5) is 17.0. The van der Waals surface area contributed by atoms with Gasteiger partial charge < -0.3 is 19.5 Å². The van der Waals surface area contributed by atoms with E-state index in [0.29, 0.717) is 34.0 Å². The van der Waals surface area contributed by atoms with Gasteiger partial charge in [0.1, 0.15) is 6.33 Å². The zero-order valence-corrected chi connectivity index (χ0v) is 21.9. The van der Waals surface area contributed by atoms with Crippen LogP contribution in [0, 0.1) is 11.7 Å². The van der Waals surface area contributed by atoms with Gasteiger partial charge >= 0.3 is 0 Å². The van der Waals surface area contributed by atoms with E-state index in [4.69, 9.17) is 4.74 Å². The number of methoxy groups -OCH3 is 1. The highest BCUT2D eigenvalue weighted by Crippen LogP contribution is 2.39. The largest absolute Gasteiger partial charge is 0.493 e. The maximum atomic E-state index is 16.2. The number of nitrogens with zero attached hydrogens (tertiary/aromatic N) is 6. The Labute approximate surface area is 211 Å². The quantitative estimate of drug-likeness (QED) is 0.403. The third-order valence-electron chi connectivity index (χ3n) is 6.95. The standard InChI is InChI=1S/C27H36FN7O/c1-17(2)14-33-8-6-10-34(11-7-9-33)27-24(28)23-20(13-29-27)32-25(22(23)18(3)4)19-12-21(36-5)26-30-16-31-35(26)15-19/h12-13,15-18,32H,6-11,14H2,1-5H3. The van der Waals surface area contributed by atoms with Gasteiger partial charge in [0, 0.05) is 36.8 Å². The Morgan fingerprint density at radius 2 is 1.83 bits per heavy atom. The predicted molar refractivity (Wildman–Crippen MR) is 141 cm³/mol. The van der Waals surface area contributed by atoms with Gasteiger partial charge in [0.25, 0.3) is 0 Å². The first-order chi connectivity index (χ1) is 17.4. The fraction of sp³-hybridized carbons (Fsp3) is 0.519. The van der Waals surface area contributed by atoms with Crippen molar-refractivity contribution in [2.24, 2.45) is 5.92 Å². The monoisotopic (exact) mass is 493 g/mol. The van der Waals surface area contributed by atoms with Crippen molar-refractivity contribution in [3.63, 3.8) is 0 Å². The smallest absolute Gasteiger partial charge is 0.197 e. The number of pyridine rings is 2. The maximum absolute atomic E-state index is 16.2. The lowest BCUT2D eigenvalue weighted by molar-refractivity contribution is 0.232. The SMILES string of the molecule is COc1cc(-c2[nH]c3cnc(N4CCCN(CC(C)C)CCC4)c(F)c3c2C(C)C)cn2ncnc12. The van der Waals surface area contributed by atoms with E-state index in [1.54, 1.807) is 17.8 Å². The normalized spacial score (nSPS) is 15.8. The van der Waals surface area contributed by atoms with Crippen molar-refractivity contribution >= 4 is 22.4 Å². The second-order valence-corrected chi connectivity index (χ2v) is 10.5. The molecule has 0 amide bonds. The average Bonchev–Trinajstić information content (AvgIpc) is 3.45. The molecule has 8 nitrogen and oxygen atoms in total. The molecule has 0 saturated carbocycles. The van der Waals surface area contributed by atoms with Gasteiger partial charge in [-0.05, 0) is 49.4 Å². The summed E-state index contributed by atoms with van der Waals surface area (Å²) in [5.74, 6) is 1.57. The van der Waals surface area contributed by atoms with Crippen LogP contribution in [0.2, 0.25) is 0 Å². The van der Waals surface area contributed by atoms with Gasteiger partial charge in [0.05, 0.1) is 24.5 Å². The zero-order valence-electron chi connectivity index (χ0n) is 21.9. The lowest BCUT2D eigenvalue weighted by Crippen LogP contribution is -2.38. The molecular weight excluding hydrogens is 457 g/mol. The highest BCUT2D eigenvalue weighted by molar-refractivity contribution is 5.93. The van der Waals surface area contributed by atoms with Crippen molar-refractivity contribution in [1.82, 2.24) is 29.5 Å². The maximum Gasteiger partial charge on any atom is 0.197 e. The molecule has 1 saturated heterocycles. The van der Waals surface area contributed by atoms with Crippen molar-refractivity contribution in [3.05, 3.63) is 36.2 Å². The van der Waals surface area contributed by atoms with Crippen LogP contribution in [0.25, 0.3) is 27.8 Å². The molecule has 1 fully saturated rings. The number of aromatic nitrogens is 5. The number of anilines is 1. The molecule has 1 aliphatic heterocycles. The molecule has 0 aliphatic carbocycles. The summed E-state index contributed by atoms with van der Waals surface area (Å²) < 4.78 is 23.5. The molecule has 4 aromatic heterocycles. The van der Waals surface area contributed by atoms with Crippen LogP contribution in [0.5, 0.6) is 5.75 Å². The Kier molecular flexibility index (Phi) is 6.83. The number of fused-ring (bicyclic) bond motifs is 2. The highest BCUT2D eigenvalue weighted by atomic mass is 19.1. The molecule has 0 atom stereocenters. The van der Waals surface area contributed by atoms with Crippen LogP contribution >= 0.6 is 0 Å². The van der Waals surface area contributed by atoms with Crippen LogP contribution in [0.1, 0.15) is 52.0 Å². The summed E-state index contributed by atoms with van der Waals surface area (Å²) >= 11 is 0. The Morgan fingerprint density at radius 1 is 1.08 bits per heavy atom. The third-order valence-corrected chi connectivity index (χ3v) is 6.95. The molecule has 192 valence electrons. The Hall–Kier alpha value is -3.20. The van der Waals surface area contributed by atoms with Gasteiger partial charge in [-0.3, -0.25) is 0 Å². The van der Waals surface area contributed by atoms with Crippen LogP contribution in [0.15, 0.2) is 24.8 Å². The summed E-state index contributed by atoms with van der Waals surface area (Å²) in [5, 5.41) is 4.90. The molecule has 1 aliphatic rings. The Bertz CT molecular complexity index is 1350. The first-order valence-electron chi connectivity index (χ1n) is 12.9. The van der Waals surface area contributed by atoms with Gasteiger partial charge in [0.2, 0.25) is 0 Å². The van der Waals surface area contributed by atoms with Crippen molar-refractivity contribution in [2.45, 2.75) is 46.5 Å².